The Hall–Kier alpha value is -2.43. The van der Waals surface area contributed by atoms with E-state index in [1.54, 1.807) is 17.8 Å². The third kappa shape index (κ3) is 8.94. The molecule has 35 heavy (non-hydrogen) atoms. The Labute approximate surface area is 209 Å². The average molecular weight is 504 g/mol. The molecule has 1 aliphatic rings. The van der Waals surface area contributed by atoms with Gasteiger partial charge in [0, 0.05) is 42.0 Å². The summed E-state index contributed by atoms with van der Waals surface area (Å²) in [4.78, 5) is 22.9. The molecular formula is C26H33NO7S. The van der Waals surface area contributed by atoms with E-state index in [0.29, 0.717) is 30.7 Å². The van der Waals surface area contributed by atoms with Crippen LogP contribution in [-0.2, 0) is 25.7 Å². The molecular weight excluding hydrogens is 470 g/mol. The van der Waals surface area contributed by atoms with E-state index in [1.165, 1.54) is 0 Å². The number of aliphatic hydroxyl groups is 2. The molecule has 2 aromatic rings. The van der Waals surface area contributed by atoms with E-state index in [4.69, 9.17) is 19.7 Å². The topological polar surface area (TPSA) is 125 Å². The van der Waals surface area contributed by atoms with Gasteiger partial charge in [-0.2, -0.15) is 11.8 Å². The van der Waals surface area contributed by atoms with Crippen molar-refractivity contribution in [1.82, 2.24) is 0 Å². The zero-order valence-electron chi connectivity index (χ0n) is 19.6. The minimum Gasteiger partial charge on any atom is -0.481 e. The van der Waals surface area contributed by atoms with E-state index in [9.17, 15) is 14.7 Å². The molecule has 4 N–H and O–H groups in total. The Bertz CT molecular complexity index is 953. The largest absolute Gasteiger partial charge is 0.481 e. The minimum atomic E-state index is -0.860. The van der Waals surface area contributed by atoms with Crippen molar-refractivity contribution >= 4 is 29.3 Å². The molecule has 2 aromatic carbocycles. The average Bonchev–Trinajstić information content (AvgIpc) is 2.87. The molecule has 0 saturated carbocycles. The number of aliphatic carboxylic acids is 1. The van der Waals surface area contributed by atoms with Crippen LogP contribution in [0, 0.1) is 0 Å². The molecule has 1 saturated heterocycles. The first-order chi connectivity index (χ1) is 17.0. The molecule has 0 bridgehead atoms. The predicted molar refractivity (Wildman–Crippen MR) is 134 cm³/mol. The smallest absolute Gasteiger partial charge is 0.303 e. The van der Waals surface area contributed by atoms with Gasteiger partial charge in [-0.25, -0.2) is 0 Å². The van der Waals surface area contributed by atoms with Crippen LogP contribution in [-0.4, -0.2) is 51.4 Å². The van der Waals surface area contributed by atoms with Crippen LogP contribution in [0.3, 0.4) is 0 Å². The molecule has 0 aromatic heterocycles. The Morgan fingerprint density at radius 1 is 1.00 bits per heavy atom. The second-order valence-corrected chi connectivity index (χ2v) is 9.57. The van der Waals surface area contributed by atoms with Crippen molar-refractivity contribution < 1.29 is 34.4 Å². The molecule has 0 radical (unpaired) electrons. The van der Waals surface area contributed by atoms with Crippen LogP contribution in [0.2, 0.25) is 0 Å². The van der Waals surface area contributed by atoms with E-state index >= 15 is 0 Å². The van der Waals surface area contributed by atoms with Crippen LogP contribution < -0.4 is 5.32 Å². The number of benzene rings is 2. The second-order valence-electron chi connectivity index (χ2n) is 8.42. The molecule has 1 heterocycles. The summed E-state index contributed by atoms with van der Waals surface area (Å²) >= 11 is 1.63. The number of thioether (sulfide) groups is 1. The highest BCUT2D eigenvalue weighted by atomic mass is 32.2. The quantitative estimate of drug-likeness (QED) is 0.302. The van der Waals surface area contributed by atoms with Crippen LogP contribution in [0.15, 0.2) is 48.5 Å². The number of carbonyl (C=O) groups excluding carboxylic acids is 1. The van der Waals surface area contributed by atoms with E-state index in [2.05, 4.69) is 5.32 Å². The Morgan fingerprint density at radius 2 is 1.77 bits per heavy atom. The van der Waals surface area contributed by atoms with Crippen molar-refractivity contribution in [2.24, 2.45) is 0 Å². The summed E-state index contributed by atoms with van der Waals surface area (Å²) in [5.74, 6) is 0.327. The number of carbonyl (C=O) groups is 2. The van der Waals surface area contributed by atoms with E-state index in [1.807, 2.05) is 42.5 Å². The van der Waals surface area contributed by atoms with E-state index < -0.39 is 12.3 Å². The van der Waals surface area contributed by atoms with Gasteiger partial charge in [-0.1, -0.05) is 36.4 Å². The van der Waals surface area contributed by atoms with Crippen LogP contribution in [0.5, 0.6) is 0 Å². The number of anilines is 1. The maximum absolute atomic E-state index is 12.3. The monoisotopic (exact) mass is 503 g/mol. The van der Waals surface area contributed by atoms with Gasteiger partial charge in [-0.05, 0) is 36.1 Å². The molecule has 0 aliphatic carbocycles. The van der Waals surface area contributed by atoms with Crippen LogP contribution >= 0.6 is 11.8 Å². The Kier molecular flexibility index (Phi) is 11.0. The highest BCUT2D eigenvalue weighted by molar-refractivity contribution is 7.99. The van der Waals surface area contributed by atoms with E-state index in [-0.39, 0.29) is 44.2 Å². The minimum absolute atomic E-state index is 0.0178. The number of carboxylic acids is 1. The standard InChI is InChI=1S/C26H33NO7S/c28-12-13-35-17-22-15-23(19-10-8-18(16-29)9-11-19)34-26(33-22)20-4-3-5-21(14-20)27-24(30)6-1-2-7-25(31)32/h3-5,8-11,14,22-23,26,28-29H,1-2,6-7,12-13,15-17H2,(H,27,30)(H,31,32). The summed E-state index contributed by atoms with van der Waals surface area (Å²) in [7, 11) is 0. The number of rotatable bonds is 13. The molecule has 3 rings (SSSR count). The molecule has 3 unspecified atom stereocenters. The third-order valence-electron chi connectivity index (χ3n) is 5.64. The maximum Gasteiger partial charge on any atom is 0.303 e. The molecule has 8 nitrogen and oxygen atoms in total. The number of ether oxygens (including phenoxy) is 2. The number of aliphatic hydroxyl groups excluding tert-OH is 2. The summed E-state index contributed by atoms with van der Waals surface area (Å²) in [5.41, 5.74) is 3.23. The summed E-state index contributed by atoms with van der Waals surface area (Å²) in [6, 6.07) is 15.0. The third-order valence-corrected chi connectivity index (χ3v) is 6.72. The van der Waals surface area contributed by atoms with Crippen LogP contribution in [0.1, 0.15) is 61.2 Å². The lowest BCUT2D eigenvalue weighted by atomic mass is 10.0. The number of amides is 1. The summed E-state index contributed by atoms with van der Waals surface area (Å²) in [5, 5.41) is 30.0. The van der Waals surface area contributed by atoms with Gasteiger partial charge in [0.2, 0.25) is 5.91 Å². The van der Waals surface area contributed by atoms with Gasteiger partial charge >= 0.3 is 5.97 Å². The number of hydrogen-bond donors (Lipinski definition) is 4. The van der Waals surface area contributed by atoms with Gasteiger partial charge < -0.3 is 30.1 Å². The van der Waals surface area contributed by atoms with Crippen molar-refractivity contribution in [3.8, 4) is 0 Å². The fourth-order valence-corrected chi connectivity index (χ4v) is 4.62. The van der Waals surface area contributed by atoms with Crippen molar-refractivity contribution in [2.75, 3.05) is 23.4 Å². The number of carboxylic acid groups (broad SMARTS) is 1. The molecule has 1 fully saturated rings. The van der Waals surface area contributed by atoms with Gasteiger partial charge in [0.25, 0.3) is 0 Å². The SMILES string of the molecule is O=C(O)CCCCC(=O)Nc1cccc(C2OC(CSCCO)CC(c3ccc(CO)cc3)O2)c1. The Morgan fingerprint density at radius 3 is 2.49 bits per heavy atom. The number of nitrogens with one attached hydrogen (secondary N) is 1. The lowest BCUT2D eigenvalue weighted by Crippen LogP contribution is -2.31. The van der Waals surface area contributed by atoms with Crippen molar-refractivity contribution in [3.05, 3.63) is 65.2 Å². The van der Waals surface area contributed by atoms with E-state index in [0.717, 1.165) is 22.4 Å². The molecule has 1 amide bonds. The number of unbranched alkanes of at least 4 members (excludes halogenated alkanes) is 1. The second kappa shape index (κ2) is 14.2. The van der Waals surface area contributed by atoms with Gasteiger partial charge in [-0.3, -0.25) is 9.59 Å². The number of hydrogen-bond acceptors (Lipinski definition) is 7. The molecule has 190 valence electrons. The summed E-state index contributed by atoms with van der Waals surface area (Å²) in [6.07, 6.45) is 1.04. The van der Waals surface area contributed by atoms with Crippen molar-refractivity contribution in [3.63, 3.8) is 0 Å². The van der Waals surface area contributed by atoms with Gasteiger partial charge in [0.15, 0.2) is 6.29 Å². The van der Waals surface area contributed by atoms with Gasteiger partial charge in [-0.15, -0.1) is 0 Å². The highest BCUT2D eigenvalue weighted by Gasteiger charge is 2.32. The first-order valence-corrected chi connectivity index (χ1v) is 12.9. The lowest BCUT2D eigenvalue weighted by molar-refractivity contribution is -0.245. The first kappa shape index (κ1) is 27.2. The molecule has 0 spiro atoms. The lowest BCUT2D eigenvalue weighted by Gasteiger charge is -2.36. The van der Waals surface area contributed by atoms with Crippen LogP contribution in [0.25, 0.3) is 0 Å². The summed E-state index contributed by atoms with van der Waals surface area (Å²) in [6.45, 7) is 0.0947. The van der Waals surface area contributed by atoms with Gasteiger partial charge in [0.1, 0.15) is 0 Å². The fourth-order valence-electron chi connectivity index (χ4n) is 3.85. The van der Waals surface area contributed by atoms with Crippen molar-refractivity contribution in [1.29, 1.82) is 0 Å². The zero-order chi connectivity index (χ0) is 25.0. The fraction of sp³-hybridized carbons (Fsp3) is 0.462. The van der Waals surface area contributed by atoms with Gasteiger partial charge in [0.05, 0.1) is 25.4 Å². The predicted octanol–water partition coefficient (Wildman–Crippen LogP) is 4.03. The maximum atomic E-state index is 12.3. The molecule has 3 atom stereocenters. The van der Waals surface area contributed by atoms with Crippen molar-refractivity contribution in [2.45, 2.75) is 57.2 Å². The molecule has 1 aliphatic heterocycles. The molecule has 9 heteroatoms. The normalized spacial score (nSPS) is 19.9. The Balaban J connectivity index is 1.68. The summed E-state index contributed by atoms with van der Waals surface area (Å²) < 4.78 is 12.6. The zero-order valence-corrected chi connectivity index (χ0v) is 20.4. The first-order valence-electron chi connectivity index (χ1n) is 11.8. The van der Waals surface area contributed by atoms with Crippen LogP contribution in [0.4, 0.5) is 5.69 Å². The highest BCUT2D eigenvalue weighted by Crippen LogP contribution is 2.39.